The molecular formula is C17H16N2O2Se. The van der Waals surface area contributed by atoms with Crippen LogP contribution in [0.3, 0.4) is 0 Å². The molecule has 4 nitrogen and oxygen atoms in total. The summed E-state index contributed by atoms with van der Waals surface area (Å²) in [4.78, 5) is 24.2. The zero-order chi connectivity index (χ0) is 15.5. The number of benzene rings is 2. The Hall–Kier alpha value is -2.10. The molecule has 0 spiro atoms. The Morgan fingerprint density at radius 3 is 2.59 bits per heavy atom. The Kier molecular flexibility index (Phi) is 4.27. The first kappa shape index (κ1) is 14.8. The number of nitrogens with zero attached hydrogens (tertiary/aromatic N) is 1. The van der Waals surface area contributed by atoms with E-state index in [0.717, 1.165) is 15.2 Å². The van der Waals surface area contributed by atoms with Crippen molar-refractivity contribution < 1.29 is 4.79 Å². The van der Waals surface area contributed by atoms with Crippen LogP contribution in [-0.4, -0.2) is 30.7 Å². The molecule has 0 atom stereocenters. The summed E-state index contributed by atoms with van der Waals surface area (Å²) in [6.07, 6.45) is 0. The molecule has 0 radical (unpaired) electrons. The summed E-state index contributed by atoms with van der Waals surface area (Å²) < 4.78 is 2.94. The number of hydrogen-bond acceptors (Lipinski definition) is 2. The van der Waals surface area contributed by atoms with Gasteiger partial charge in [0.15, 0.2) is 0 Å². The van der Waals surface area contributed by atoms with E-state index in [4.69, 9.17) is 0 Å². The van der Waals surface area contributed by atoms with Crippen molar-refractivity contribution >= 4 is 30.3 Å². The van der Waals surface area contributed by atoms with E-state index in [1.807, 2.05) is 59.0 Å². The van der Waals surface area contributed by atoms with Crippen LogP contribution in [0.5, 0.6) is 0 Å². The molecule has 0 bridgehead atoms. The van der Waals surface area contributed by atoms with Crippen LogP contribution in [0.1, 0.15) is 15.9 Å². The van der Waals surface area contributed by atoms with Gasteiger partial charge in [-0.1, -0.05) is 0 Å². The molecule has 3 aromatic rings. The Labute approximate surface area is 134 Å². The number of aryl methyl sites for hydroxylation is 1. The second-order valence-electron chi connectivity index (χ2n) is 5.12. The van der Waals surface area contributed by atoms with Gasteiger partial charge in [0.25, 0.3) is 0 Å². The maximum atomic E-state index is 12.2. The monoisotopic (exact) mass is 360 g/mol. The van der Waals surface area contributed by atoms with Gasteiger partial charge in [-0.2, -0.15) is 0 Å². The fourth-order valence-electron chi connectivity index (χ4n) is 2.24. The molecule has 3 rings (SSSR count). The topological polar surface area (TPSA) is 51.1 Å². The standard InChI is InChI=1S/C17H16N2O2Se/c1-12-6-8-13(9-7-12)16(20)18-10-11-19-17(21)14-4-2-3-5-15(14)22-19/h2-9H,10-11H2,1H3,(H,18,20). The van der Waals surface area contributed by atoms with Crippen LogP contribution < -0.4 is 10.9 Å². The fraction of sp³-hybridized carbons (Fsp3) is 0.176. The summed E-state index contributed by atoms with van der Waals surface area (Å²) in [5.74, 6) is -0.100. The fourth-order valence-corrected chi connectivity index (χ4v) is 4.33. The van der Waals surface area contributed by atoms with Crippen LogP contribution in [0.25, 0.3) is 9.65 Å². The molecule has 0 saturated carbocycles. The summed E-state index contributed by atoms with van der Waals surface area (Å²) in [7, 11) is 0. The van der Waals surface area contributed by atoms with Crippen molar-refractivity contribution in [2.45, 2.75) is 13.5 Å². The molecule has 0 aliphatic carbocycles. The van der Waals surface area contributed by atoms with Crippen molar-refractivity contribution in [2.24, 2.45) is 0 Å². The van der Waals surface area contributed by atoms with E-state index in [9.17, 15) is 9.59 Å². The predicted octanol–water partition coefficient (Wildman–Crippen LogP) is 1.80. The van der Waals surface area contributed by atoms with Gasteiger partial charge in [-0.3, -0.25) is 0 Å². The van der Waals surface area contributed by atoms with Gasteiger partial charge in [0.05, 0.1) is 0 Å². The Morgan fingerprint density at radius 1 is 1.14 bits per heavy atom. The summed E-state index contributed by atoms with van der Waals surface area (Å²) in [5.41, 5.74) is 1.84. The average molecular weight is 359 g/mol. The average Bonchev–Trinajstić information content (AvgIpc) is 2.85. The molecular weight excluding hydrogens is 343 g/mol. The number of rotatable bonds is 4. The number of amides is 1. The third-order valence-electron chi connectivity index (χ3n) is 3.47. The second kappa shape index (κ2) is 6.34. The second-order valence-corrected chi connectivity index (χ2v) is 7.35. The molecule has 112 valence electrons. The van der Waals surface area contributed by atoms with Gasteiger partial charge in [0.2, 0.25) is 0 Å². The quantitative estimate of drug-likeness (QED) is 0.723. The minimum absolute atomic E-state index is 0.0161. The Bertz CT molecular complexity index is 862. The molecule has 1 aromatic heterocycles. The van der Waals surface area contributed by atoms with Crippen LogP contribution in [0, 0.1) is 6.92 Å². The van der Waals surface area contributed by atoms with Gasteiger partial charge in [-0.05, 0) is 0 Å². The zero-order valence-electron chi connectivity index (χ0n) is 12.2. The molecule has 1 heterocycles. The number of carbonyl (C=O) groups is 1. The summed E-state index contributed by atoms with van der Waals surface area (Å²) in [5, 5.41) is 3.67. The van der Waals surface area contributed by atoms with Crippen molar-refractivity contribution in [2.75, 3.05) is 6.54 Å². The zero-order valence-corrected chi connectivity index (χ0v) is 13.9. The molecule has 1 amide bonds. The molecule has 1 N–H and O–H groups in total. The number of nitrogens with one attached hydrogen (secondary N) is 1. The van der Waals surface area contributed by atoms with Crippen LogP contribution in [-0.2, 0) is 6.54 Å². The van der Waals surface area contributed by atoms with Crippen molar-refractivity contribution in [3.63, 3.8) is 0 Å². The molecule has 0 unspecified atom stereocenters. The van der Waals surface area contributed by atoms with Crippen molar-refractivity contribution in [1.29, 1.82) is 0 Å². The van der Waals surface area contributed by atoms with Gasteiger partial charge < -0.3 is 0 Å². The SMILES string of the molecule is Cc1ccc(C(=O)NCCn2[se]c3ccccc3c2=O)cc1. The first-order chi connectivity index (χ1) is 10.6. The molecule has 2 aromatic carbocycles. The van der Waals surface area contributed by atoms with Crippen molar-refractivity contribution in [3.05, 3.63) is 70.0 Å². The molecule has 5 heteroatoms. The van der Waals surface area contributed by atoms with E-state index in [2.05, 4.69) is 5.32 Å². The van der Waals surface area contributed by atoms with E-state index in [1.54, 1.807) is 0 Å². The molecule has 0 aliphatic rings. The van der Waals surface area contributed by atoms with Crippen LogP contribution >= 0.6 is 0 Å². The van der Waals surface area contributed by atoms with E-state index in [1.165, 1.54) is 0 Å². The minimum atomic E-state index is -0.100. The number of hydrogen-bond donors (Lipinski definition) is 1. The number of carbonyl (C=O) groups excluding carboxylic acids is 1. The van der Waals surface area contributed by atoms with E-state index < -0.39 is 0 Å². The van der Waals surface area contributed by atoms with Gasteiger partial charge in [0, 0.05) is 0 Å². The Balaban J connectivity index is 1.65. The maximum absolute atomic E-state index is 12.2. The molecule has 0 aliphatic heterocycles. The van der Waals surface area contributed by atoms with Gasteiger partial charge >= 0.3 is 134 Å². The summed E-state index contributed by atoms with van der Waals surface area (Å²) >= 11 is 0.0161. The molecule has 22 heavy (non-hydrogen) atoms. The van der Waals surface area contributed by atoms with Crippen LogP contribution in [0.2, 0.25) is 0 Å². The first-order valence-electron chi connectivity index (χ1n) is 7.09. The summed E-state index contributed by atoms with van der Waals surface area (Å²) in [6, 6.07) is 15.2. The van der Waals surface area contributed by atoms with Crippen molar-refractivity contribution in [1.82, 2.24) is 8.88 Å². The molecule has 0 fully saturated rings. The summed E-state index contributed by atoms with van der Waals surface area (Å²) in [6.45, 7) is 3.00. The van der Waals surface area contributed by atoms with Gasteiger partial charge in [0.1, 0.15) is 0 Å². The van der Waals surface area contributed by atoms with Gasteiger partial charge in [-0.15, -0.1) is 0 Å². The first-order valence-corrected chi connectivity index (χ1v) is 8.71. The van der Waals surface area contributed by atoms with E-state index in [-0.39, 0.29) is 26.2 Å². The third-order valence-corrected chi connectivity index (χ3v) is 5.82. The van der Waals surface area contributed by atoms with E-state index >= 15 is 0 Å². The number of fused-ring (bicyclic) bond motifs is 1. The van der Waals surface area contributed by atoms with E-state index in [0.29, 0.717) is 18.7 Å². The van der Waals surface area contributed by atoms with Gasteiger partial charge in [-0.25, -0.2) is 0 Å². The predicted molar refractivity (Wildman–Crippen MR) is 88.7 cm³/mol. The number of aromatic nitrogens is 1. The Morgan fingerprint density at radius 2 is 1.86 bits per heavy atom. The van der Waals surface area contributed by atoms with Crippen molar-refractivity contribution in [3.8, 4) is 0 Å². The third kappa shape index (κ3) is 3.06. The van der Waals surface area contributed by atoms with Crippen LogP contribution in [0.15, 0.2) is 53.3 Å². The normalized spacial score (nSPS) is 10.8. The van der Waals surface area contributed by atoms with Crippen LogP contribution in [0.4, 0.5) is 0 Å². The molecule has 0 saturated heterocycles.